The lowest BCUT2D eigenvalue weighted by molar-refractivity contribution is -0.130. The molecule has 1 amide bonds. The van der Waals surface area contributed by atoms with Gasteiger partial charge in [0.2, 0.25) is 5.91 Å². The highest BCUT2D eigenvalue weighted by molar-refractivity contribution is 8.00. The monoisotopic (exact) mass is 386 g/mol. The van der Waals surface area contributed by atoms with E-state index in [1.54, 1.807) is 26.0 Å². The van der Waals surface area contributed by atoms with Gasteiger partial charge in [0.05, 0.1) is 25.2 Å². The van der Waals surface area contributed by atoms with Crippen molar-refractivity contribution in [1.82, 2.24) is 4.90 Å². The fourth-order valence-corrected chi connectivity index (χ4v) is 4.18. The zero-order valence-corrected chi connectivity index (χ0v) is 16.9. The number of carbonyl (C=O) groups is 1. The van der Waals surface area contributed by atoms with Crippen molar-refractivity contribution in [3.8, 4) is 11.5 Å². The number of benzene rings is 2. The summed E-state index contributed by atoms with van der Waals surface area (Å²) in [6.45, 7) is 5.05. The third-order valence-electron chi connectivity index (χ3n) is 4.74. The Hall–Kier alpha value is -2.34. The largest absolute Gasteiger partial charge is 0.497 e. The van der Waals surface area contributed by atoms with E-state index in [2.05, 4.69) is 11.0 Å². The van der Waals surface area contributed by atoms with E-state index < -0.39 is 0 Å². The molecule has 27 heavy (non-hydrogen) atoms. The number of ether oxygens (including phenoxy) is 2. The Balaban J connectivity index is 1.55. The summed E-state index contributed by atoms with van der Waals surface area (Å²) in [4.78, 5) is 18.1. The average Bonchev–Trinajstić information content (AvgIpc) is 2.73. The third kappa shape index (κ3) is 4.69. The molecule has 0 spiro atoms. The van der Waals surface area contributed by atoms with Crippen LogP contribution in [0.4, 0.5) is 5.69 Å². The summed E-state index contributed by atoms with van der Waals surface area (Å²) >= 11 is 1.59. The van der Waals surface area contributed by atoms with Gasteiger partial charge in [-0.1, -0.05) is 12.1 Å². The molecular formula is C21H26N2O3S. The Kier molecular flexibility index (Phi) is 6.50. The van der Waals surface area contributed by atoms with Crippen LogP contribution in [-0.4, -0.2) is 56.5 Å². The van der Waals surface area contributed by atoms with Crippen LogP contribution < -0.4 is 14.4 Å². The first-order chi connectivity index (χ1) is 13.1. The molecule has 0 aliphatic carbocycles. The standard InChI is InChI=1S/C21H26N2O3S/c1-16(27-18-10-8-17(25-2)9-11-18)21(24)23-14-12-22(13-15-23)19-6-4-5-7-20(19)26-3/h4-11,16H,12-15H2,1-3H3/t16-/m1/s1. The van der Waals surface area contributed by atoms with Gasteiger partial charge in [-0.25, -0.2) is 0 Å². The smallest absolute Gasteiger partial charge is 0.235 e. The molecule has 0 radical (unpaired) electrons. The molecule has 0 bridgehead atoms. The summed E-state index contributed by atoms with van der Waals surface area (Å²) in [5.41, 5.74) is 1.09. The van der Waals surface area contributed by atoms with Crippen molar-refractivity contribution in [3.63, 3.8) is 0 Å². The Labute approximate surface area is 165 Å². The second-order valence-electron chi connectivity index (χ2n) is 6.42. The van der Waals surface area contributed by atoms with Crippen molar-refractivity contribution in [3.05, 3.63) is 48.5 Å². The van der Waals surface area contributed by atoms with Crippen LogP contribution in [0.3, 0.4) is 0 Å². The van der Waals surface area contributed by atoms with Gasteiger partial charge in [-0.2, -0.15) is 0 Å². The number of hydrogen-bond donors (Lipinski definition) is 0. The molecule has 2 aromatic carbocycles. The number of rotatable bonds is 6. The van der Waals surface area contributed by atoms with E-state index in [0.29, 0.717) is 0 Å². The van der Waals surface area contributed by atoms with Gasteiger partial charge in [0.25, 0.3) is 0 Å². The zero-order chi connectivity index (χ0) is 19.2. The number of nitrogens with zero attached hydrogens (tertiary/aromatic N) is 2. The van der Waals surface area contributed by atoms with E-state index in [1.165, 1.54) is 0 Å². The van der Waals surface area contributed by atoms with Crippen molar-refractivity contribution >= 4 is 23.4 Å². The van der Waals surface area contributed by atoms with Crippen LogP contribution in [0.5, 0.6) is 11.5 Å². The van der Waals surface area contributed by atoms with E-state index in [4.69, 9.17) is 9.47 Å². The highest BCUT2D eigenvalue weighted by Crippen LogP contribution is 2.30. The van der Waals surface area contributed by atoms with Crippen LogP contribution in [-0.2, 0) is 4.79 Å². The van der Waals surface area contributed by atoms with Crippen LogP contribution >= 0.6 is 11.8 Å². The van der Waals surface area contributed by atoms with Gasteiger partial charge in [-0.05, 0) is 43.3 Å². The van der Waals surface area contributed by atoms with Crippen molar-refractivity contribution < 1.29 is 14.3 Å². The maximum Gasteiger partial charge on any atom is 0.235 e. The van der Waals surface area contributed by atoms with Gasteiger partial charge >= 0.3 is 0 Å². The first kappa shape index (κ1) is 19.4. The van der Waals surface area contributed by atoms with Crippen LogP contribution in [0.15, 0.2) is 53.4 Å². The fourth-order valence-electron chi connectivity index (χ4n) is 3.22. The number of para-hydroxylation sites is 2. The third-order valence-corrected chi connectivity index (χ3v) is 5.84. The molecular weight excluding hydrogens is 360 g/mol. The van der Waals surface area contributed by atoms with Crippen LogP contribution in [0.1, 0.15) is 6.92 Å². The summed E-state index contributed by atoms with van der Waals surface area (Å²) in [7, 11) is 3.34. The van der Waals surface area contributed by atoms with Gasteiger partial charge < -0.3 is 19.3 Å². The number of piperazine rings is 1. The second-order valence-corrected chi connectivity index (χ2v) is 7.83. The Bertz CT molecular complexity index is 758. The van der Waals surface area contributed by atoms with Gasteiger partial charge in [0.15, 0.2) is 0 Å². The predicted molar refractivity (Wildman–Crippen MR) is 110 cm³/mol. The summed E-state index contributed by atoms with van der Waals surface area (Å²) in [5.74, 6) is 1.89. The average molecular weight is 387 g/mol. The van der Waals surface area contributed by atoms with E-state index in [0.717, 1.165) is 48.3 Å². The highest BCUT2D eigenvalue weighted by atomic mass is 32.2. The number of methoxy groups -OCH3 is 2. The number of carbonyl (C=O) groups excluding carboxylic acids is 1. The molecule has 1 aliphatic rings. The molecule has 1 fully saturated rings. The topological polar surface area (TPSA) is 42.0 Å². The molecule has 0 saturated carbocycles. The lowest BCUT2D eigenvalue weighted by atomic mass is 10.2. The number of amides is 1. The Morgan fingerprint density at radius 2 is 1.63 bits per heavy atom. The zero-order valence-electron chi connectivity index (χ0n) is 16.1. The molecule has 2 aromatic rings. The number of thioether (sulfide) groups is 1. The first-order valence-corrected chi connectivity index (χ1v) is 9.98. The summed E-state index contributed by atoms with van der Waals surface area (Å²) < 4.78 is 10.6. The fraction of sp³-hybridized carbons (Fsp3) is 0.381. The van der Waals surface area contributed by atoms with E-state index >= 15 is 0 Å². The molecule has 1 heterocycles. The van der Waals surface area contributed by atoms with E-state index in [1.807, 2.05) is 54.3 Å². The second kappa shape index (κ2) is 9.04. The quantitative estimate of drug-likeness (QED) is 0.711. The van der Waals surface area contributed by atoms with Gasteiger partial charge in [-0.3, -0.25) is 4.79 Å². The molecule has 6 heteroatoms. The van der Waals surface area contributed by atoms with Crippen molar-refractivity contribution in [1.29, 1.82) is 0 Å². The normalized spacial score (nSPS) is 15.4. The van der Waals surface area contributed by atoms with Crippen molar-refractivity contribution in [2.45, 2.75) is 17.1 Å². The summed E-state index contributed by atoms with van der Waals surface area (Å²) in [6.07, 6.45) is 0. The molecule has 0 aromatic heterocycles. The van der Waals surface area contributed by atoms with Gasteiger partial charge in [0.1, 0.15) is 11.5 Å². The molecule has 0 unspecified atom stereocenters. The Morgan fingerprint density at radius 1 is 0.963 bits per heavy atom. The highest BCUT2D eigenvalue weighted by Gasteiger charge is 2.26. The minimum atomic E-state index is -0.115. The maximum atomic E-state index is 12.8. The van der Waals surface area contributed by atoms with Crippen molar-refractivity contribution in [2.75, 3.05) is 45.3 Å². The molecule has 3 rings (SSSR count). The lowest BCUT2D eigenvalue weighted by Crippen LogP contribution is -2.50. The molecule has 5 nitrogen and oxygen atoms in total. The SMILES string of the molecule is COc1ccc(S[C@H](C)C(=O)N2CCN(c3ccccc3OC)CC2)cc1. The van der Waals surface area contributed by atoms with Crippen LogP contribution in [0, 0.1) is 0 Å². The lowest BCUT2D eigenvalue weighted by Gasteiger charge is -2.37. The summed E-state index contributed by atoms with van der Waals surface area (Å²) in [5, 5.41) is -0.115. The van der Waals surface area contributed by atoms with E-state index in [-0.39, 0.29) is 11.2 Å². The molecule has 144 valence electrons. The molecule has 1 atom stereocenters. The minimum Gasteiger partial charge on any atom is -0.497 e. The van der Waals surface area contributed by atoms with Crippen LogP contribution in [0.25, 0.3) is 0 Å². The van der Waals surface area contributed by atoms with Crippen molar-refractivity contribution in [2.24, 2.45) is 0 Å². The minimum absolute atomic E-state index is 0.115. The van der Waals surface area contributed by atoms with Gasteiger partial charge in [0, 0.05) is 31.1 Å². The molecule has 1 aliphatic heterocycles. The molecule has 1 saturated heterocycles. The first-order valence-electron chi connectivity index (χ1n) is 9.10. The number of hydrogen-bond acceptors (Lipinski definition) is 5. The van der Waals surface area contributed by atoms with Gasteiger partial charge in [-0.15, -0.1) is 11.8 Å². The Morgan fingerprint density at radius 3 is 2.26 bits per heavy atom. The number of anilines is 1. The van der Waals surface area contributed by atoms with Crippen LogP contribution in [0.2, 0.25) is 0 Å². The predicted octanol–water partition coefficient (Wildman–Crippen LogP) is 3.53. The molecule has 0 N–H and O–H groups in total. The summed E-state index contributed by atoms with van der Waals surface area (Å²) in [6, 6.07) is 15.9. The van der Waals surface area contributed by atoms with E-state index in [9.17, 15) is 4.79 Å². The maximum absolute atomic E-state index is 12.8.